The zero-order valence-corrected chi connectivity index (χ0v) is 50.0. The molecule has 0 heterocycles. The van der Waals surface area contributed by atoms with Crippen LogP contribution in [0, 0.1) is 0 Å². The Bertz CT molecular complexity index is 1490. The maximum absolute atomic E-state index is 12.8. The molecule has 0 rings (SSSR count). The number of carbonyl (C=O) groups excluding carboxylic acids is 3. The third-order valence-electron chi connectivity index (χ3n) is 13.8. The molecule has 0 aromatic carbocycles. The van der Waals surface area contributed by atoms with Gasteiger partial charge in [-0.15, -0.1) is 0 Å². The lowest BCUT2D eigenvalue weighted by Gasteiger charge is -2.18. The molecule has 0 saturated carbocycles. The average molecular weight is 1060 g/mol. The Kier molecular flexibility index (Phi) is 60.8. The average Bonchev–Trinajstić information content (AvgIpc) is 3.42. The van der Waals surface area contributed by atoms with Crippen LogP contribution < -0.4 is 0 Å². The van der Waals surface area contributed by atoms with Crippen LogP contribution in [-0.4, -0.2) is 37.2 Å². The van der Waals surface area contributed by atoms with Gasteiger partial charge in [0.25, 0.3) is 0 Å². The number of hydrogen-bond donors (Lipinski definition) is 0. The monoisotopic (exact) mass is 1060 g/mol. The van der Waals surface area contributed by atoms with Crippen molar-refractivity contribution in [3.05, 3.63) is 97.2 Å². The molecule has 0 aliphatic carbocycles. The molecule has 0 aliphatic heterocycles. The molecule has 6 nitrogen and oxygen atoms in total. The number of allylic oxidation sites excluding steroid dienone is 16. The number of carbonyl (C=O) groups is 3. The Morgan fingerprint density at radius 3 is 0.816 bits per heavy atom. The van der Waals surface area contributed by atoms with E-state index < -0.39 is 6.10 Å². The second-order valence-electron chi connectivity index (χ2n) is 21.3. The van der Waals surface area contributed by atoms with Gasteiger partial charge in [-0.2, -0.15) is 0 Å². The maximum atomic E-state index is 12.8. The topological polar surface area (TPSA) is 78.9 Å². The highest BCUT2D eigenvalue weighted by Gasteiger charge is 2.19. The first-order chi connectivity index (χ1) is 37.5. The van der Waals surface area contributed by atoms with Gasteiger partial charge in [-0.25, -0.2) is 0 Å². The Balaban J connectivity index is 4.12. The van der Waals surface area contributed by atoms with Crippen molar-refractivity contribution in [2.45, 2.75) is 316 Å². The quantitative estimate of drug-likeness (QED) is 0.0261. The third-order valence-corrected chi connectivity index (χ3v) is 13.8. The van der Waals surface area contributed by atoms with Crippen molar-refractivity contribution in [1.82, 2.24) is 0 Å². The molecule has 1 atom stereocenters. The van der Waals surface area contributed by atoms with E-state index in [2.05, 4.69) is 118 Å². The van der Waals surface area contributed by atoms with E-state index in [0.29, 0.717) is 19.3 Å². The predicted molar refractivity (Wildman–Crippen MR) is 330 cm³/mol. The van der Waals surface area contributed by atoms with Gasteiger partial charge < -0.3 is 14.2 Å². The van der Waals surface area contributed by atoms with Crippen LogP contribution in [-0.2, 0) is 28.6 Å². The molecule has 0 saturated heterocycles. The molecule has 436 valence electrons. The minimum Gasteiger partial charge on any atom is -0.462 e. The number of hydrogen-bond acceptors (Lipinski definition) is 6. The summed E-state index contributed by atoms with van der Waals surface area (Å²) in [5.74, 6) is -0.879. The molecule has 0 bridgehead atoms. The summed E-state index contributed by atoms with van der Waals surface area (Å²) in [6, 6.07) is 0. The van der Waals surface area contributed by atoms with E-state index in [-0.39, 0.29) is 31.1 Å². The molecule has 0 aromatic rings. The summed E-state index contributed by atoms with van der Waals surface area (Å²) < 4.78 is 16.8. The van der Waals surface area contributed by atoms with Crippen LogP contribution in [0.25, 0.3) is 0 Å². The van der Waals surface area contributed by atoms with Crippen molar-refractivity contribution in [3.8, 4) is 0 Å². The number of rotatable bonds is 58. The van der Waals surface area contributed by atoms with Crippen LogP contribution in [0.15, 0.2) is 97.2 Å². The van der Waals surface area contributed by atoms with E-state index in [4.69, 9.17) is 14.2 Å². The van der Waals surface area contributed by atoms with Crippen LogP contribution in [0.5, 0.6) is 0 Å². The van der Waals surface area contributed by atoms with Crippen LogP contribution >= 0.6 is 0 Å². The summed E-state index contributed by atoms with van der Waals surface area (Å²) in [6.45, 7) is 6.51. The van der Waals surface area contributed by atoms with Gasteiger partial charge in [0.05, 0.1) is 0 Å². The second-order valence-corrected chi connectivity index (χ2v) is 21.3. The Hall–Kier alpha value is -3.67. The van der Waals surface area contributed by atoms with E-state index in [1.807, 2.05) is 0 Å². The minimum absolute atomic E-state index is 0.0766. The van der Waals surface area contributed by atoms with Crippen LogP contribution in [0.1, 0.15) is 310 Å². The van der Waals surface area contributed by atoms with Crippen molar-refractivity contribution in [1.29, 1.82) is 0 Å². The molecular weight excluding hydrogens is 937 g/mol. The summed E-state index contributed by atoms with van der Waals surface area (Å²) in [5, 5.41) is 0. The lowest BCUT2D eigenvalue weighted by molar-refractivity contribution is -0.167. The van der Waals surface area contributed by atoms with Crippen LogP contribution in [0.2, 0.25) is 0 Å². The van der Waals surface area contributed by atoms with Gasteiger partial charge in [-0.1, -0.05) is 285 Å². The Labute approximate surface area is 470 Å². The third kappa shape index (κ3) is 61.2. The van der Waals surface area contributed by atoms with E-state index in [1.165, 1.54) is 167 Å². The fraction of sp³-hybridized carbons (Fsp3) is 0.729. The molecule has 0 aromatic heterocycles. The second kappa shape index (κ2) is 63.9. The summed E-state index contributed by atoms with van der Waals surface area (Å²) in [6.07, 6.45) is 85.8. The standard InChI is InChI=1S/C70H120O6/c1-4-7-10-13-16-19-21-23-25-27-28-29-30-31-32-33-34-35-36-37-38-39-40-41-42-44-45-47-49-51-54-57-60-63-69(72)75-66-67(65-74-68(71)62-59-56-53-18-15-12-9-6-3)76-70(73)64-61-58-55-52-50-48-46-43-26-24-22-20-17-14-11-8-5-2/h7,10,16,19,23-26,28-29,31-32,34-35,37-38,67H,4-6,8-9,11-15,17-18,20-22,27,30,33,36,39-66H2,1-3H3/b10-7-,19-16-,25-23-,26-24-,29-28-,32-31-,35-34-,38-37-. The van der Waals surface area contributed by atoms with E-state index >= 15 is 0 Å². The van der Waals surface area contributed by atoms with E-state index in [1.54, 1.807) is 0 Å². The van der Waals surface area contributed by atoms with Gasteiger partial charge in [0.15, 0.2) is 6.10 Å². The first-order valence-electron chi connectivity index (χ1n) is 32.2. The summed E-state index contributed by atoms with van der Waals surface area (Å²) in [7, 11) is 0. The molecule has 0 fully saturated rings. The normalized spacial score (nSPS) is 12.7. The molecule has 0 radical (unpaired) electrons. The van der Waals surface area contributed by atoms with Crippen molar-refractivity contribution in [2.24, 2.45) is 0 Å². The highest BCUT2D eigenvalue weighted by molar-refractivity contribution is 5.71. The van der Waals surface area contributed by atoms with Crippen molar-refractivity contribution >= 4 is 17.9 Å². The lowest BCUT2D eigenvalue weighted by Crippen LogP contribution is -2.30. The van der Waals surface area contributed by atoms with Gasteiger partial charge in [0, 0.05) is 19.3 Å². The van der Waals surface area contributed by atoms with Gasteiger partial charge in [0.2, 0.25) is 0 Å². The van der Waals surface area contributed by atoms with E-state index in [0.717, 1.165) is 103 Å². The largest absolute Gasteiger partial charge is 0.462 e. The minimum atomic E-state index is -0.778. The summed E-state index contributed by atoms with van der Waals surface area (Å²) in [5.41, 5.74) is 0. The molecule has 0 spiro atoms. The zero-order valence-electron chi connectivity index (χ0n) is 50.0. The molecule has 0 aliphatic rings. The Morgan fingerprint density at radius 1 is 0.276 bits per heavy atom. The van der Waals surface area contributed by atoms with Crippen molar-refractivity contribution in [3.63, 3.8) is 0 Å². The van der Waals surface area contributed by atoms with Crippen LogP contribution in [0.3, 0.4) is 0 Å². The molecular formula is C70H120O6. The predicted octanol–water partition coefficient (Wildman–Crippen LogP) is 22.0. The van der Waals surface area contributed by atoms with Crippen LogP contribution in [0.4, 0.5) is 0 Å². The van der Waals surface area contributed by atoms with Crippen molar-refractivity contribution in [2.75, 3.05) is 13.2 Å². The number of ether oxygens (including phenoxy) is 3. The molecule has 0 N–H and O–H groups in total. The summed E-state index contributed by atoms with van der Waals surface area (Å²) >= 11 is 0. The SMILES string of the molecule is CC/C=C\C/C=C\C/C=C\C/C=C\C/C=C\C/C=C\C/C=C\CCCCCCCCCCCCCC(=O)OCC(COC(=O)CCCCCCCCCC)OC(=O)CCCCCCCCC/C=C\CCCCCCCC. The van der Waals surface area contributed by atoms with Gasteiger partial charge in [0.1, 0.15) is 13.2 Å². The van der Waals surface area contributed by atoms with Crippen molar-refractivity contribution < 1.29 is 28.6 Å². The molecule has 6 heteroatoms. The fourth-order valence-corrected chi connectivity index (χ4v) is 9.01. The lowest BCUT2D eigenvalue weighted by atomic mass is 10.0. The number of esters is 3. The highest BCUT2D eigenvalue weighted by Crippen LogP contribution is 2.16. The first kappa shape index (κ1) is 72.3. The van der Waals surface area contributed by atoms with Gasteiger partial charge >= 0.3 is 17.9 Å². The molecule has 0 amide bonds. The highest BCUT2D eigenvalue weighted by atomic mass is 16.6. The zero-order chi connectivity index (χ0) is 55.0. The smallest absolute Gasteiger partial charge is 0.306 e. The Morgan fingerprint density at radius 2 is 0.513 bits per heavy atom. The maximum Gasteiger partial charge on any atom is 0.306 e. The van der Waals surface area contributed by atoms with Gasteiger partial charge in [-0.3, -0.25) is 14.4 Å². The molecule has 76 heavy (non-hydrogen) atoms. The fourth-order valence-electron chi connectivity index (χ4n) is 9.01. The van der Waals surface area contributed by atoms with Gasteiger partial charge in [-0.05, 0) is 103 Å². The number of unbranched alkanes of at least 4 members (excludes halogenated alkanes) is 31. The molecule has 1 unspecified atom stereocenters. The summed E-state index contributed by atoms with van der Waals surface area (Å²) in [4.78, 5) is 38.1. The van der Waals surface area contributed by atoms with E-state index in [9.17, 15) is 14.4 Å². The first-order valence-corrected chi connectivity index (χ1v) is 32.2.